The number of piperidine rings is 1. The molecule has 112 valence electrons. The maximum Gasteiger partial charge on any atom is 0.244 e. The molecule has 0 aromatic heterocycles. The second-order valence-electron chi connectivity index (χ2n) is 5.48. The van der Waals surface area contributed by atoms with E-state index < -0.39 is 10.0 Å². The van der Waals surface area contributed by atoms with Crippen LogP contribution in [0.25, 0.3) is 0 Å². The number of hydrogen-bond donors (Lipinski definition) is 1. The van der Waals surface area contributed by atoms with Crippen molar-refractivity contribution in [2.45, 2.75) is 37.6 Å². The molecule has 6 heteroatoms. The average Bonchev–Trinajstić information content (AvgIpc) is 2.38. The van der Waals surface area contributed by atoms with Crippen molar-refractivity contribution >= 4 is 21.6 Å². The highest BCUT2D eigenvalue weighted by Crippen LogP contribution is 2.31. The van der Waals surface area contributed by atoms with E-state index in [-0.39, 0.29) is 28.5 Å². The number of aryl methyl sites for hydroxylation is 1. The molecule has 20 heavy (non-hydrogen) atoms. The third kappa shape index (κ3) is 3.01. The number of benzene rings is 1. The Morgan fingerprint density at radius 3 is 2.70 bits per heavy atom. The van der Waals surface area contributed by atoms with Gasteiger partial charge in [-0.15, -0.1) is 0 Å². The summed E-state index contributed by atoms with van der Waals surface area (Å²) >= 11 is 6.10. The Bertz CT molecular complexity index is 588. The summed E-state index contributed by atoms with van der Waals surface area (Å²) < 4.78 is 27.0. The van der Waals surface area contributed by atoms with Crippen molar-refractivity contribution in [3.8, 4) is 0 Å². The Labute approximate surface area is 125 Å². The molecule has 2 unspecified atom stereocenters. The van der Waals surface area contributed by atoms with Crippen molar-refractivity contribution in [1.29, 1.82) is 0 Å². The van der Waals surface area contributed by atoms with Crippen LogP contribution in [0.15, 0.2) is 23.1 Å². The Balaban J connectivity index is 2.38. The predicted octanol–water partition coefficient (Wildman–Crippen LogP) is 2.43. The van der Waals surface area contributed by atoms with Crippen LogP contribution >= 0.6 is 11.6 Å². The van der Waals surface area contributed by atoms with E-state index in [0.717, 1.165) is 18.4 Å². The van der Waals surface area contributed by atoms with Gasteiger partial charge in [0.25, 0.3) is 0 Å². The van der Waals surface area contributed by atoms with Crippen LogP contribution in [0.1, 0.15) is 25.3 Å². The van der Waals surface area contributed by atoms with Crippen LogP contribution in [0.5, 0.6) is 0 Å². The first-order valence-corrected chi connectivity index (χ1v) is 8.57. The zero-order valence-electron chi connectivity index (χ0n) is 11.7. The van der Waals surface area contributed by atoms with Crippen LogP contribution in [-0.2, 0) is 10.0 Å². The summed E-state index contributed by atoms with van der Waals surface area (Å²) in [6.07, 6.45) is 1.61. The minimum Gasteiger partial charge on any atom is -0.396 e. The van der Waals surface area contributed by atoms with Gasteiger partial charge in [0.15, 0.2) is 0 Å². The highest BCUT2D eigenvalue weighted by molar-refractivity contribution is 7.89. The maximum absolute atomic E-state index is 12.8. The van der Waals surface area contributed by atoms with Gasteiger partial charge in [0, 0.05) is 19.2 Å². The lowest BCUT2D eigenvalue weighted by atomic mass is 9.96. The standard InChI is InChI=1S/C14H20ClNO3S/c1-10-3-6-14(13(15)7-10)20(18,19)16-8-12(9-17)5-4-11(16)2/h3,6-7,11-12,17H,4-5,8-9H2,1-2H3. The third-order valence-electron chi connectivity index (χ3n) is 3.85. The molecule has 2 rings (SSSR count). The lowest BCUT2D eigenvalue weighted by molar-refractivity contribution is 0.139. The summed E-state index contributed by atoms with van der Waals surface area (Å²) in [5.41, 5.74) is 0.925. The van der Waals surface area contributed by atoms with Gasteiger partial charge in [-0.3, -0.25) is 0 Å². The molecule has 1 aromatic rings. The number of halogens is 1. The van der Waals surface area contributed by atoms with E-state index in [9.17, 15) is 13.5 Å². The number of aliphatic hydroxyl groups is 1. The molecule has 1 N–H and O–H groups in total. The summed E-state index contributed by atoms with van der Waals surface area (Å²) in [5.74, 6) is 0.00481. The highest BCUT2D eigenvalue weighted by atomic mass is 35.5. The molecule has 1 aliphatic rings. The molecule has 0 amide bonds. The van der Waals surface area contributed by atoms with Crippen LogP contribution in [0.4, 0.5) is 0 Å². The number of sulfonamides is 1. The van der Waals surface area contributed by atoms with Crippen molar-refractivity contribution < 1.29 is 13.5 Å². The van der Waals surface area contributed by atoms with E-state index in [4.69, 9.17) is 11.6 Å². The molecule has 1 saturated heterocycles. The highest BCUT2D eigenvalue weighted by Gasteiger charge is 2.35. The van der Waals surface area contributed by atoms with Crippen molar-refractivity contribution in [2.75, 3.05) is 13.2 Å². The van der Waals surface area contributed by atoms with Crippen LogP contribution in [-0.4, -0.2) is 37.0 Å². The molecule has 0 aliphatic carbocycles. The molecule has 1 aromatic carbocycles. The molecule has 4 nitrogen and oxygen atoms in total. The quantitative estimate of drug-likeness (QED) is 0.931. The van der Waals surface area contributed by atoms with E-state index in [2.05, 4.69) is 0 Å². The predicted molar refractivity (Wildman–Crippen MR) is 79.4 cm³/mol. The van der Waals surface area contributed by atoms with Gasteiger partial charge >= 0.3 is 0 Å². The minimum absolute atomic E-state index is 0.00481. The van der Waals surface area contributed by atoms with Gasteiger partial charge in [-0.25, -0.2) is 8.42 Å². The van der Waals surface area contributed by atoms with Crippen LogP contribution in [0, 0.1) is 12.8 Å². The van der Waals surface area contributed by atoms with Crippen molar-refractivity contribution in [1.82, 2.24) is 4.31 Å². The first-order valence-electron chi connectivity index (χ1n) is 6.75. The van der Waals surface area contributed by atoms with E-state index in [1.54, 1.807) is 18.2 Å². The smallest absolute Gasteiger partial charge is 0.244 e. The molecular weight excluding hydrogens is 298 g/mol. The van der Waals surface area contributed by atoms with Gasteiger partial charge in [0.05, 0.1) is 5.02 Å². The largest absolute Gasteiger partial charge is 0.396 e. The Kier molecular flexibility index (Phi) is 4.74. The van der Waals surface area contributed by atoms with Gasteiger partial charge in [-0.05, 0) is 50.3 Å². The number of aliphatic hydroxyl groups excluding tert-OH is 1. The minimum atomic E-state index is -3.61. The topological polar surface area (TPSA) is 57.6 Å². The molecular formula is C14H20ClNO3S. The molecule has 0 bridgehead atoms. The number of nitrogens with zero attached hydrogens (tertiary/aromatic N) is 1. The van der Waals surface area contributed by atoms with Gasteiger partial charge < -0.3 is 5.11 Å². The van der Waals surface area contributed by atoms with Gasteiger partial charge in [-0.1, -0.05) is 17.7 Å². The molecule has 0 spiro atoms. The fraction of sp³-hybridized carbons (Fsp3) is 0.571. The van der Waals surface area contributed by atoms with Gasteiger partial charge in [0.1, 0.15) is 4.90 Å². The zero-order valence-corrected chi connectivity index (χ0v) is 13.3. The zero-order chi connectivity index (χ0) is 14.9. The number of rotatable bonds is 3. The Hall–Kier alpha value is -0.620. The van der Waals surface area contributed by atoms with Crippen LogP contribution in [0.3, 0.4) is 0 Å². The second kappa shape index (κ2) is 6.02. The van der Waals surface area contributed by atoms with Crippen LogP contribution < -0.4 is 0 Å². The van der Waals surface area contributed by atoms with Crippen LogP contribution in [0.2, 0.25) is 5.02 Å². The van der Waals surface area contributed by atoms with E-state index in [1.165, 1.54) is 4.31 Å². The fourth-order valence-corrected chi connectivity index (χ4v) is 4.88. The molecule has 1 fully saturated rings. The first kappa shape index (κ1) is 15.8. The third-order valence-corrected chi connectivity index (χ3v) is 6.32. The SMILES string of the molecule is Cc1ccc(S(=O)(=O)N2CC(CO)CCC2C)c(Cl)c1. The van der Waals surface area contributed by atoms with E-state index in [0.29, 0.717) is 6.54 Å². The average molecular weight is 318 g/mol. The summed E-state index contributed by atoms with van der Waals surface area (Å²) in [5, 5.41) is 9.53. The maximum atomic E-state index is 12.8. The molecule has 1 heterocycles. The molecule has 1 aliphatic heterocycles. The van der Waals surface area contributed by atoms with E-state index in [1.807, 2.05) is 13.8 Å². The lowest BCUT2D eigenvalue weighted by Crippen LogP contribution is -2.46. The Morgan fingerprint density at radius 2 is 2.10 bits per heavy atom. The van der Waals surface area contributed by atoms with Crippen molar-refractivity contribution in [2.24, 2.45) is 5.92 Å². The van der Waals surface area contributed by atoms with Crippen molar-refractivity contribution in [3.63, 3.8) is 0 Å². The molecule has 0 radical (unpaired) electrons. The van der Waals surface area contributed by atoms with Crippen molar-refractivity contribution in [3.05, 3.63) is 28.8 Å². The number of hydrogen-bond acceptors (Lipinski definition) is 3. The lowest BCUT2D eigenvalue weighted by Gasteiger charge is -2.36. The monoisotopic (exact) mass is 317 g/mol. The normalized spacial score (nSPS) is 24.8. The second-order valence-corrected chi connectivity index (χ2v) is 7.75. The fourth-order valence-electron chi connectivity index (χ4n) is 2.57. The summed E-state index contributed by atoms with van der Waals surface area (Å²) in [7, 11) is -3.61. The van der Waals surface area contributed by atoms with E-state index >= 15 is 0 Å². The molecule has 0 saturated carbocycles. The van der Waals surface area contributed by atoms with Gasteiger partial charge in [0.2, 0.25) is 10.0 Å². The Morgan fingerprint density at radius 1 is 1.40 bits per heavy atom. The summed E-state index contributed by atoms with van der Waals surface area (Å²) in [6.45, 7) is 4.13. The first-order chi connectivity index (χ1) is 9.36. The summed E-state index contributed by atoms with van der Waals surface area (Å²) in [6, 6.07) is 4.89. The van der Waals surface area contributed by atoms with Gasteiger partial charge in [-0.2, -0.15) is 4.31 Å². The summed E-state index contributed by atoms with van der Waals surface area (Å²) in [4.78, 5) is 0.148. The molecule has 2 atom stereocenters.